The number of alkyl halides is 3. The normalized spacial score (nSPS) is 21.6. The van der Waals surface area contributed by atoms with Crippen molar-refractivity contribution in [2.24, 2.45) is 5.92 Å². The zero-order valence-electron chi connectivity index (χ0n) is 11.8. The Balaban J connectivity index is 2.06. The van der Waals surface area contributed by atoms with Gasteiger partial charge in [0.2, 0.25) is 0 Å². The smallest absolute Gasteiger partial charge is 0.433 e. The Kier molecular flexibility index (Phi) is 4.39. The number of aliphatic carboxylic acids is 1. The van der Waals surface area contributed by atoms with E-state index in [4.69, 9.17) is 5.11 Å². The largest absolute Gasteiger partial charge is 0.481 e. The maximum absolute atomic E-state index is 12.5. The fourth-order valence-corrected chi connectivity index (χ4v) is 2.56. The predicted octanol–water partition coefficient (Wildman–Crippen LogP) is 2.39. The summed E-state index contributed by atoms with van der Waals surface area (Å²) in [5.74, 6) is -1.92. The average molecular weight is 316 g/mol. The fourth-order valence-electron chi connectivity index (χ4n) is 2.56. The topological polar surface area (TPSA) is 79.3 Å². The van der Waals surface area contributed by atoms with Crippen LogP contribution in [-0.4, -0.2) is 28.0 Å². The van der Waals surface area contributed by atoms with E-state index in [1.165, 1.54) is 6.92 Å². The van der Waals surface area contributed by atoms with E-state index in [-0.39, 0.29) is 17.3 Å². The van der Waals surface area contributed by atoms with Gasteiger partial charge in [0.05, 0.1) is 17.2 Å². The molecule has 0 bridgehead atoms. The molecular weight excluding hydrogens is 301 g/mol. The molecule has 1 aliphatic carbocycles. The summed E-state index contributed by atoms with van der Waals surface area (Å²) >= 11 is 0. The molecule has 5 nitrogen and oxygen atoms in total. The van der Waals surface area contributed by atoms with Crippen LogP contribution in [0, 0.1) is 12.8 Å². The summed E-state index contributed by atoms with van der Waals surface area (Å²) < 4.78 is 37.6. The number of nitrogens with zero attached hydrogens (tertiary/aromatic N) is 1. The molecule has 0 aromatic carbocycles. The molecule has 2 atom stereocenters. The molecule has 0 unspecified atom stereocenters. The molecule has 0 radical (unpaired) electrons. The second kappa shape index (κ2) is 5.94. The van der Waals surface area contributed by atoms with E-state index in [0.29, 0.717) is 19.3 Å². The molecule has 1 fully saturated rings. The summed E-state index contributed by atoms with van der Waals surface area (Å²) in [6.07, 6.45) is -3.21. The van der Waals surface area contributed by atoms with Crippen molar-refractivity contribution in [2.45, 2.75) is 38.4 Å². The Bertz CT molecular complexity index is 601. The quantitative estimate of drug-likeness (QED) is 0.897. The van der Waals surface area contributed by atoms with Crippen molar-refractivity contribution in [3.63, 3.8) is 0 Å². The second-order valence-corrected chi connectivity index (χ2v) is 5.35. The first-order valence-corrected chi connectivity index (χ1v) is 6.77. The number of amides is 1. The van der Waals surface area contributed by atoms with Crippen LogP contribution in [0.5, 0.6) is 0 Å². The highest BCUT2D eigenvalue weighted by Crippen LogP contribution is 2.29. The van der Waals surface area contributed by atoms with Crippen molar-refractivity contribution in [1.82, 2.24) is 10.3 Å². The van der Waals surface area contributed by atoms with E-state index in [1.54, 1.807) is 0 Å². The molecule has 2 rings (SSSR count). The van der Waals surface area contributed by atoms with Gasteiger partial charge in [0.15, 0.2) is 0 Å². The third-order valence-corrected chi connectivity index (χ3v) is 3.74. The van der Waals surface area contributed by atoms with Crippen molar-refractivity contribution >= 4 is 11.9 Å². The number of hydrogen-bond acceptors (Lipinski definition) is 3. The van der Waals surface area contributed by atoms with E-state index in [0.717, 1.165) is 12.1 Å². The van der Waals surface area contributed by atoms with Crippen molar-refractivity contribution in [3.05, 3.63) is 29.1 Å². The average Bonchev–Trinajstić information content (AvgIpc) is 2.86. The fraction of sp³-hybridized carbons (Fsp3) is 0.500. The molecule has 1 saturated carbocycles. The van der Waals surface area contributed by atoms with Gasteiger partial charge in [-0.25, -0.2) is 4.98 Å². The highest BCUT2D eigenvalue weighted by atomic mass is 19.4. The predicted molar refractivity (Wildman–Crippen MR) is 70.2 cm³/mol. The van der Waals surface area contributed by atoms with Gasteiger partial charge in [0, 0.05) is 6.04 Å². The van der Waals surface area contributed by atoms with Gasteiger partial charge < -0.3 is 10.4 Å². The molecule has 1 amide bonds. The SMILES string of the molecule is Cc1nc(C(F)(F)F)ccc1C(=O)N[C@H]1CC[C@@H](C(=O)O)C1. The van der Waals surface area contributed by atoms with Crippen LogP contribution in [-0.2, 0) is 11.0 Å². The highest BCUT2D eigenvalue weighted by molar-refractivity contribution is 5.95. The van der Waals surface area contributed by atoms with Crippen LogP contribution in [0.15, 0.2) is 12.1 Å². The van der Waals surface area contributed by atoms with Gasteiger partial charge in [-0.1, -0.05) is 0 Å². The van der Waals surface area contributed by atoms with Crippen LogP contribution >= 0.6 is 0 Å². The third-order valence-electron chi connectivity index (χ3n) is 3.74. The summed E-state index contributed by atoms with van der Waals surface area (Å²) in [6, 6.07) is 1.57. The molecule has 0 aliphatic heterocycles. The van der Waals surface area contributed by atoms with Gasteiger partial charge >= 0.3 is 12.1 Å². The number of rotatable bonds is 3. The molecule has 8 heteroatoms. The Hall–Kier alpha value is -2.12. The number of nitrogens with one attached hydrogen (secondary N) is 1. The van der Waals surface area contributed by atoms with Gasteiger partial charge in [0.1, 0.15) is 5.69 Å². The van der Waals surface area contributed by atoms with E-state index in [1.807, 2.05) is 0 Å². The third kappa shape index (κ3) is 3.55. The monoisotopic (exact) mass is 316 g/mol. The Labute approximate surface area is 124 Å². The molecule has 2 N–H and O–H groups in total. The van der Waals surface area contributed by atoms with Gasteiger partial charge in [-0.3, -0.25) is 9.59 Å². The molecule has 1 aliphatic rings. The van der Waals surface area contributed by atoms with Crippen molar-refractivity contribution < 1.29 is 27.9 Å². The highest BCUT2D eigenvalue weighted by Gasteiger charge is 2.34. The lowest BCUT2D eigenvalue weighted by Gasteiger charge is -2.14. The summed E-state index contributed by atoms with van der Waals surface area (Å²) in [7, 11) is 0. The molecule has 1 heterocycles. The Morgan fingerprint density at radius 3 is 2.50 bits per heavy atom. The molecule has 0 saturated heterocycles. The number of aryl methyl sites for hydroxylation is 1. The van der Waals surface area contributed by atoms with E-state index in [9.17, 15) is 22.8 Å². The molecule has 0 spiro atoms. The number of hydrogen-bond donors (Lipinski definition) is 2. The van der Waals surface area contributed by atoms with Crippen molar-refractivity contribution in [2.75, 3.05) is 0 Å². The van der Waals surface area contributed by atoms with Crippen molar-refractivity contribution in [1.29, 1.82) is 0 Å². The first kappa shape index (κ1) is 16.3. The first-order chi connectivity index (χ1) is 10.2. The maximum atomic E-state index is 12.5. The molecular formula is C14H15F3N2O3. The van der Waals surface area contributed by atoms with Crippen LogP contribution in [0.4, 0.5) is 13.2 Å². The number of halogens is 3. The Morgan fingerprint density at radius 1 is 1.32 bits per heavy atom. The van der Waals surface area contributed by atoms with Crippen LogP contribution in [0.3, 0.4) is 0 Å². The lowest BCUT2D eigenvalue weighted by Crippen LogP contribution is -2.34. The zero-order chi connectivity index (χ0) is 16.5. The summed E-state index contributed by atoms with van der Waals surface area (Å²) in [4.78, 5) is 26.3. The van der Waals surface area contributed by atoms with Gasteiger partial charge in [-0.15, -0.1) is 0 Å². The standard InChI is InChI=1S/C14H15F3N2O3/c1-7-10(4-5-11(18-7)14(15,16)17)12(20)19-9-3-2-8(6-9)13(21)22/h4-5,8-9H,2-3,6H2,1H3,(H,19,20)(H,21,22)/t8-,9+/m1/s1. The van der Waals surface area contributed by atoms with E-state index >= 15 is 0 Å². The summed E-state index contributed by atoms with van der Waals surface area (Å²) in [5.41, 5.74) is -1.000. The number of carboxylic acids is 1. The number of carbonyl (C=O) groups excluding carboxylic acids is 1. The van der Waals surface area contributed by atoms with Crippen LogP contribution < -0.4 is 5.32 Å². The zero-order valence-corrected chi connectivity index (χ0v) is 11.8. The van der Waals surface area contributed by atoms with Gasteiger partial charge in [0.25, 0.3) is 5.91 Å². The molecule has 1 aromatic heterocycles. The summed E-state index contributed by atoms with van der Waals surface area (Å²) in [5, 5.41) is 11.6. The van der Waals surface area contributed by atoms with Crippen molar-refractivity contribution in [3.8, 4) is 0 Å². The Morgan fingerprint density at radius 2 is 2.00 bits per heavy atom. The van der Waals surface area contributed by atoms with Crippen LogP contribution in [0.1, 0.15) is 41.0 Å². The van der Waals surface area contributed by atoms with Crippen LogP contribution in [0.25, 0.3) is 0 Å². The number of aromatic nitrogens is 1. The minimum absolute atomic E-state index is 0.0138. The number of carboxylic acid groups (broad SMARTS) is 1. The summed E-state index contributed by atoms with van der Waals surface area (Å²) in [6.45, 7) is 1.33. The number of carbonyl (C=O) groups is 2. The maximum Gasteiger partial charge on any atom is 0.433 e. The van der Waals surface area contributed by atoms with E-state index in [2.05, 4.69) is 10.3 Å². The minimum atomic E-state index is -4.56. The first-order valence-electron chi connectivity index (χ1n) is 6.77. The van der Waals surface area contributed by atoms with Gasteiger partial charge in [-0.2, -0.15) is 13.2 Å². The molecule has 1 aromatic rings. The molecule has 120 valence electrons. The van der Waals surface area contributed by atoms with Crippen LogP contribution in [0.2, 0.25) is 0 Å². The minimum Gasteiger partial charge on any atom is -0.481 e. The lowest BCUT2D eigenvalue weighted by molar-refractivity contribution is -0.142. The molecule has 22 heavy (non-hydrogen) atoms. The second-order valence-electron chi connectivity index (χ2n) is 5.35. The van der Waals surface area contributed by atoms with Gasteiger partial charge in [-0.05, 0) is 38.3 Å². The van der Waals surface area contributed by atoms with E-state index < -0.39 is 29.7 Å². The number of pyridine rings is 1. The lowest BCUT2D eigenvalue weighted by atomic mass is 10.1.